The van der Waals surface area contributed by atoms with Crippen LogP contribution in [0, 0.1) is 0 Å². The second-order valence-corrected chi connectivity index (χ2v) is 5.06. The summed E-state index contributed by atoms with van der Waals surface area (Å²) in [6.45, 7) is 1.14. The van der Waals surface area contributed by atoms with Crippen molar-refractivity contribution in [3.63, 3.8) is 0 Å². The minimum atomic E-state index is -1.64. The fourth-order valence-electron chi connectivity index (χ4n) is 2.40. The minimum Gasteiger partial charge on any atom is -0.493 e. The third kappa shape index (κ3) is 3.34. The molecule has 5 N–H and O–H groups in total. The van der Waals surface area contributed by atoms with Gasteiger partial charge in [-0.05, 0) is 17.7 Å². The Bertz CT molecular complexity index is 977. The zero-order valence-electron chi connectivity index (χ0n) is 13.7. The maximum atomic E-state index is 12.0. The summed E-state index contributed by atoms with van der Waals surface area (Å²) in [5.41, 5.74) is 2.67. The molecule has 1 aromatic heterocycles. The number of carbonyl (C=O) groups excluding carboxylic acids is 1. The maximum Gasteiger partial charge on any atom is 0.342 e. The normalized spacial score (nSPS) is 10.2. The molecule has 0 saturated carbocycles. The van der Waals surface area contributed by atoms with Crippen LogP contribution in [0.3, 0.4) is 0 Å². The molecule has 0 spiro atoms. The first-order valence-corrected chi connectivity index (χ1v) is 7.06. The molecule has 0 unspecified atom stereocenters. The van der Waals surface area contributed by atoms with E-state index < -0.39 is 46.0 Å². The fourth-order valence-corrected chi connectivity index (χ4v) is 2.40. The molecule has 0 atom stereocenters. The van der Waals surface area contributed by atoms with Crippen LogP contribution >= 0.6 is 0 Å². The first-order chi connectivity index (χ1) is 12.2. The average molecular weight is 362 g/mol. The molecule has 2 aromatic rings. The Morgan fingerprint density at radius 3 is 2.19 bits per heavy atom. The molecule has 0 aliphatic carbocycles. The highest BCUT2D eigenvalue weighted by Gasteiger charge is 2.27. The van der Waals surface area contributed by atoms with E-state index in [1.807, 2.05) is 4.98 Å². The van der Waals surface area contributed by atoms with E-state index in [-0.39, 0.29) is 17.1 Å². The summed E-state index contributed by atoms with van der Waals surface area (Å²) in [6.07, 6.45) is 0. The number of benzene rings is 1. The van der Waals surface area contributed by atoms with Crippen LogP contribution in [0.1, 0.15) is 27.6 Å². The molecular formula is C16H14N2O8. The Balaban J connectivity index is 2.91. The van der Waals surface area contributed by atoms with Crippen molar-refractivity contribution in [2.45, 2.75) is 6.92 Å². The number of aromatic amines is 1. The van der Waals surface area contributed by atoms with E-state index in [0.717, 1.165) is 6.92 Å². The quantitative estimate of drug-likeness (QED) is 0.447. The number of nitrogen functional groups attached to an aromatic ring is 1. The van der Waals surface area contributed by atoms with Crippen molar-refractivity contribution in [2.75, 3.05) is 12.8 Å². The van der Waals surface area contributed by atoms with Crippen LogP contribution in [0.15, 0.2) is 23.0 Å². The van der Waals surface area contributed by atoms with E-state index >= 15 is 0 Å². The molecule has 0 aliphatic rings. The molecule has 136 valence electrons. The zero-order chi connectivity index (χ0) is 19.6. The van der Waals surface area contributed by atoms with Gasteiger partial charge in [-0.2, -0.15) is 0 Å². The number of nitrogens with one attached hydrogen (secondary N) is 1. The van der Waals surface area contributed by atoms with Crippen LogP contribution in [0.4, 0.5) is 5.82 Å². The van der Waals surface area contributed by atoms with Crippen molar-refractivity contribution in [3.8, 4) is 22.6 Å². The lowest BCUT2D eigenvalue weighted by Gasteiger charge is -2.14. The Hall–Kier alpha value is -3.82. The number of aromatic carboxylic acids is 2. The number of carbonyl (C=O) groups is 3. The lowest BCUT2D eigenvalue weighted by molar-refractivity contribution is -0.132. The summed E-state index contributed by atoms with van der Waals surface area (Å²) in [4.78, 5) is 48.4. The van der Waals surface area contributed by atoms with Gasteiger partial charge in [0.15, 0.2) is 11.5 Å². The highest BCUT2D eigenvalue weighted by atomic mass is 16.6. The number of hydrogen-bond donors (Lipinski definition) is 4. The van der Waals surface area contributed by atoms with Crippen LogP contribution < -0.4 is 20.8 Å². The van der Waals surface area contributed by atoms with E-state index in [0.29, 0.717) is 0 Å². The highest BCUT2D eigenvalue weighted by Crippen LogP contribution is 2.36. The molecule has 0 radical (unpaired) electrons. The number of carboxylic acids is 2. The predicted octanol–water partition coefficient (Wildman–Crippen LogP) is 0.954. The molecule has 0 amide bonds. The molecular weight excluding hydrogens is 348 g/mol. The second kappa shape index (κ2) is 6.97. The number of hydrogen-bond acceptors (Lipinski definition) is 7. The summed E-state index contributed by atoms with van der Waals surface area (Å²) in [5.74, 6) is -4.30. The Morgan fingerprint density at radius 2 is 1.69 bits per heavy atom. The van der Waals surface area contributed by atoms with Gasteiger partial charge in [0.25, 0.3) is 5.56 Å². The van der Waals surface area contributed by atoms with Crippen LogP contribution in [0.5, 0.6) is 11.5 Å². The number of methoxy groups -OCH3 is 1. The predicted molar refractivity (Wildman–Crippen MR) is 88.7 cm³/mol. The van der Waals surface area contributed by atoms with Crippen molar-refractivity contribution in [2.24, 2.45) is 0 Å². The fraction of sp³-hybridized carbons (Fsp3) is 0.125. The second-order valence-electron chi connectivity index (χ2n) is 5.06. The number of carboxylic acid groups (broad SMARTS) is 2. The first kappa shape index (κ1) is 18.5. The molecule has 0 fully saturated rings. The number of nitrogens with two attached hydrogens (primary N) is 1. The summed E-state index contributed by atoms with van der Waals surface area (Å²) in [6, 6.07) is 3.84. The maximum absolute atomic E-state index is 12.0. The minimum absolute atomic E-state index is 0.00495. The zero-order valence-corrected chi connectivity index (χ0v) is 13.7. The number of rotatable bonds is 5. The lowest BCUT2D eigenvalue weighted by Crippen LogP contribution is -2.24. The van der Waals surface area contributed by atoms with Gasteiger partial charge in [-0.25, -0.2) is 9.59 Å². The Kier molecular flexibility index (Phi) is 4.96. The Labute approximate surface area is 145 Å². The van der Waals surface area contributed by atoms with E-state index in [9.17, 15) is 29.4 Å². The number of H-pyrrole nitrogens is 1. The lowest BCUT2D eigenvalue weighted by atomic mass is 9.95. The molecule has 2 rings (SSSR count). The van der Waals surface area contributed by atoms with E-state index in [1.165, 1.54) is 25.3 Å². The molecule has 26 heavy (non-hydrogen) atoms. The van der Waals surface area contributed by atoms with Gasteiger partial charge < -0.3 is 30.4 Å². The van der Waals surface area contributed by atoms with Gasteiger partial charge in [0.1, 0.15) is 16.9 Å². The van der Waals surface area contributed by atoms with Gasteiger partial charge in [-0.15, -0.1) is 0 Å². The molecule has 10 heteroatoms. The van der Waals surface area contributed by atoms with Crippen molar-refractivity contribution >= 4 is 23.7 Å². The van der Waals surface area contributed by atoms with Gasteiger partial charge in [0.2, 0.25) is 0 Å². The summed E-state index contributed by atoms with van der Waals surface area (Å²) < 4.78 is 10.0. The monoisotopic (exact) mass is 362 g/mol. The molecule has 1 aromatic carbocycles. The standard InChI is InChI=1S/C16H14N2O8/c1-6(19)26-9-5-7(3-4-8(9)25-2)10-11(15(21)22)13(17)18-14(20)12(10)16(23)24/h3-5H,1-2H3,(H,21,22)(H,23,24)(H3,17,18,20). The molecule has 0 saturated heterocycles. The van der Waals surface area contributed by atoms with E-state index in [2.05, 4.69) is 0 Å². The smallest absolute Gasteiger partial charge is 0.342 e. The number of aromatic nitrogens is 1. The van der Waals surface area contributed by atoms with Crippen LogP contribution in [0.2, 0.25) is 0 Å². The van der Waals surface area contributed by atoms with Crippen molar-refractivity contribution in [3.05, 3.63) is 39.7 Å². The number of pyridine rings is 1. The third-order valence-corrected chi connectivity index (χ3v) is 3.38. The first-order valence-electron chi connectivity index (χ1n) is 7.06. The molecule has 0 bridgehead atoms. The number of anilines is 1. The van der Waals surface area contributed by atoms with E-state index in [4.69, 9.17) is 15.2 Å². The van der Waals surface area contributed by atoms with Gasteiger partial charge in [0.05, 0.1) is 7.11 Å². The number of ether oxygens (including phenoxy) is 2. The largest absolute Gasteiger partial charge is 0.493 e. The summed E-state index contributed by atoms with van der Waals surface area (Å²) in [7, 11) is 1.32. The Morgan fingerprint density at radius 1 is 1.08 bits per heavy atom. The number of esters is 1. The molecule has 1 heterocycles. The van der Waals surface area contributed by atoms with Gasteiger partial charge in [0, 0.05) is 12.5 Å². The third-order valence-electron chi connectivity index (χ3n) is 3.38. The van der Waals surface area contributed by atoms with Crippen molar-refractivity contribution in [1.29, 1.82) is 0 Å². The van der Waals surface area contributed by atoms with Gasteiger partial charge in [-0.3, -0.25) is 9.59 Å². The van der Waals surface area contributed by atoms with Crippen molar-refractivity contribution in [1.82, 2.24) is 4.98 Å². The van der Waals surface area contributed by atoms with Gasteiger partial charge in [-0.1, -0.05) is 6.07 Å². The topological polar surface area (TPSA) is 169 Å². The summed E-state index contributed by atoms with van der Waals surface area (Å²) >= 11 is 0. The van der Waals surface area contributed by atoms with Crippen molar-refractivity contribution < 1.29 is 34.1 Å². The van der Waals surface area contributed by atoms with Crippen LogP contribution in [0.25, 0.3) is 11.1 Å². The average Bonchev–Trinajstić information content (AvgIpc) is 2.52. The summed E-state index contributed by atoms with van der Waals surface area (Å²) in [5, 5.41) is 18.8. The SMILES string of the molecule is COc1ccc(-c2c(C(=O)O)c(N)[nH]c(=O)c2C(=O)O)cc1OC(C)=O. The molecule has 10 nitrogen and oxygen atoms in total. The van der Waals surface area contributed by atoms with Gasteiger partial charge >= 0.3 is 17.9 Å². The highest BCUT2D eigenvalue weighted by molar-refractivity contribution is 6.07. The van der Waals surface area contributed by atoms with Crippen LogP contribution in [-0.2, 0) is 4.79 Å². The molecule has 0 aliphatic heterocycles. The van der Waals surface area contributed by atoms with Crippen LogP contribution in [-0.4, -0.2) is 40.2 Å². The van der Waals surface area contributed by atoms with E-state index in [1.54, 1.807) is 0 Å².